The largest absolute Gasteiger partial charge is 0.355 e. The molecule has 0 spiro atoms. The van der Waals surface area contributed by atoms with Crippen LogP contribution in [0.3, 0.4) is 0 Å². The van der Waals surface area contributed by atoms with Gasteiger partial charge in [0.1, 0.15) is 0 Å². The molecular formula is C19H20N4OS2. The number of rotatable bonds is 7. The van der Waals surface area contributed by atoms with Gasteiger partial charge < -0.3 is 5.32 Å². The molecule has 1 aliphatic carbocycles. The number of carbonyl (C=O) groups excluding carboxylic acids is 1. The summed E-state index contributed by atoms with van der Waals surface area (Å²) in [6.07, 6.45) is 2.65. The van der Waals surface area contributed by atoms with Crippen LogP contribution < -0.4 is 5.32 Å². The first kappa shape index (κ1) is 17.2. The van der Waals surface area contributed by atoms with Gasteiger partial charge in [-0.1, -0.05) is 36.4 Å². The molecule has 7 heteroatoms. The topological polar surface area (TPSA) is 62.7 Å². The van der Waals surface area contributed by atoms with Crippen LogP contribution in [0.1, 0.15) is 24.8 Å². The fourth-order valence-corrected chi connectivity index (χ4v) is 4.14. The molecule has 0 atom stereocenters. The van der Waals surface area contributed by atoms with E-state index in [9.17, 15) is 4.79 Å². The molecule has 1 saturated carbocycles. The van der Waals surface area contributed by atoms with E-state index in [0.29, 0.717) is 24.3 Å². The van der Waals surface area contributed by atoms with E-state index in [1.54, 1.807) is 11.3 Å². The number of aromatic amines is 1. The third kappa shape index (κ3) is 3.50. The molecule has 0 aliphatic heterocycles. The van der Waals surface area contributed by atoms with Crippen LogP contribution >= 0.6 is 23.6 Å². The third-order valence-electron chi connectivity index (χ3n) is 4.93. The number of hydrogen-bond acceptors (Lipinski definition) is 4. The van der Waals surface area contributed by atoms with E-state index in [0.717, 1.165) is 23.5 Å². The predicted octanol–water partition coefficient (Wildman–Crippen LogP) is 3.91. The number of H-pyrrole nitrogens is 1. The second-order valence-electron chi connectivity index (χ2n) is 6.65. The van der Waals surface area contributed by atoms with E-state index in [2.05, 4.69) is 39.8 Å². The van der Waals surface area contributed by atoms with Crippen molar-refractivity contribution in [1.82, 2.24) is 20.1 Å². The van der Waals surface area contributed by atoms with Crippen molar-refractivity contribution < 1.29 is 4.79 Å². The van der Waals surface area contributed by atoms with Crippen molar-refractivity contribution in [3.8, 4) is 10.7 Å². The molecule has 4 rings (SSSR count). The summed E-state index contributed by atoms with van der Waals surface area (Å²) in [7, 11) is 0. The number of nitrogens with zero attached hydrogens (tertiary/aromatic N) is 2. The van der Waals surface area contributed by atoms with E-state index < -0.39 is 0 Å². The second kappa shape index (κ2) is 7.17. The number of carbonyl (C=O) groups is 1. The minimum Gasteiger partial charge on any atom is -0.355 e. The molecule has 2 N–H and O–H groups in total. The lowest BCUT2D eigenvalue weighted by molar-refractivity contribution is -0.121. The highest BCUT2D eigenvalue weighted by molar-refractivity contribution is 7.71. The molecule has 0 bridgehead atoms. The van der Waals surface area contributed by atoms with Gasteiger partial charge in [-0.2, -0.15) is 5.10 Å². The lowest BCUT2D eigenvalue weighted by Crippen LogP contribution is -2.32. The van der Waals surface area contributed by atoms with Crippen LogP contribution in [0.5, 0.6) is 0 Å². The fourth-order valence-electron chi connectivity index (χ4n) is 3.20. The molecular weight excluding hydrogens is 364 g/mol. The normalized spacial score (nSPS) is 14.9. The maximum Gasteiger partial charge on any atom is 0.221 e. The van der Waals surface area contributed by atoms with Gasteiger partial charge in [-0.05, 0) is 42.1 Å². The standard InChI is InChI=1S/C19H20N4OS2/c24-16(20-13-19(9-10-19)14-5-2-1-3-6-14)8-11-23-17(21-22-18(23)25)15-7-4-12-26-15/h1-7,12H,8-11,13H2,(H,20,24)(H,22,25). The maximum absolute atomic E-state index is 12.4. The minimum atomic E-state index is 0.0486. The molecule has 1 aliphatic rings. The molecule has 26 heavy (non-hydrogen) atoms. The number of thiophene rings is 1. The monoisotopic (exact) mass is 384 g/mol. The van der Waals surface area contributed by atoms with Gasteiger partial charge in [0.05, 0.1) is 4.88 Å². The van der Waals surface area contributed by atoms with Crippen molar-refractivity contribution in [3.05, 3.63) is 58.2 Å². The lowest BCUT2D eigenvalue weighted by atomic mass is 9.96. The highest BCUT2D eigenvalue weighted by atomic mass is 32.1. The number of aromatic nitrogens is 3. The first-order chi connectivity index (χ1) is 12.7. The Morgan fingerprint density at radius 1 is 1.27 bits per heavy atom. The lowest BCUT2D eigenvalue weighted by Gasteiger charge is -2.16. The zero-order chi connectivity index (χ0) is 18.0. The van der Waals surface area contributed by atoms with Crippen molar-refractivity contribution >= 4 is 29.5 Å². The van der Waals surface area contributed by atoms with E-state index >= 15 is 0 Å². The summed E-state index contributed by atoms with van der Waals surface area (Å²) in [5.41, 5.74) is 1.45. The van der Waals surface area contributed by atoms with Crippen molar-refractivity contribution in [3.63, 3.8) is 0 Å². The summed E-state index contributed by atoms with van der Waals surface area (Å²) in [6.45, 7) is 1.22. The van der Waals surface area contributed by atoms with Gasteiger partial charge in [0.2, 0.25) is 5.91 Å². The van der Waals surface area contributed by atoms with E-state index in [1.807, 2.05) is 28.1 Å². The van der Waals surface area contributed by atoms with Crippen LogP contribution in [-0.2, 0) is 16.8 Å². The summed E-state index contributed by atoms with van der Waals surface area (Å²) in [5, 5.41) is 12.2. The Balaban J connectivity index is 1.36. The summed E-state index contributed by atoms with van der Waals surface area (Å²) in [6, 6.07) is 14.4. The SMILES string of the molecule is O=C(CCn1c(-c2cccs2)n[nH]c1=S)NCC1(c2ccccc2)CC1. The zero-order valence-electron chi connectivity index (χ0n) is 14.3. The average molecular weight is 385 g/mol. The minimum absolute atomic E-state index is 0.0486. The molecule has 134 valence electrons. The third-order valence-corrected chi connectivity index (χ3v) is 6.10. The molecule has 0 unspecified atom stereocenters. The van der Waals surface area contributed by atoms with Gasteiger partial charge in [-0.15, -0.1) is 11.3 Å². The van der Waals surface area contributed by atoms with E-state index in [4.69, 9.17) is 12.2 Å². The highest BCUT2D eigenvalue weighted by Gasteiger charge is 2.44. The van der Waals surface area contributed by atoms with Gasteiger partial charge in [-0.25, -0.2) is 0 Å². The van der Waals surface area contributed by atoms with Crippen LogP contribution in [-0.4, -0.2) is 27.2 Å². The fraction of sp³-hybridized carbons (Fsp3) is 0.316. The Morgan fingerprint density at radius 3 is 2.77 bits per heavy atom. The number of benzene rings is 1. The molecule has 3 aromatic rings. The van der Waals surface area contributed by atoms with Crippen LogP contribution in [0.15, 0.2) is 47.8 Å². The summed E-state index contributed by atoms with van der Waals surface area (Å²) in [4.78, 5) is 13.4. The molecule has 0 radical (unpaired) electrons. The molecule has 0 saturated heterocycles. The Labute approximate surface area is 161 Å². The molecule has 1 amide bonds. The van der Waals surface area contributed by atoms with Gasteiger partial charge >= 0.3 is 0 Å². The zero-order valence-corrected chi connectivity index (χ0v) is 15.9. The van der Waals surface area contributed by atoms with Crippen LogP contribution in [0.2, 0.25) is 0 Å². The van der Waals surface area contributed by atoms with Gasteiger partial charge in [-0.3, -0.25) is 14.5 Å². The van der Waals surface area contributed by atoms with Crippen molar-refractivity contribution in [1.29, 1.82) is 0 Å². The quantitative estimate of drug-likeness (QED) is 0.607. The summed E-state index contributed by atoms with van der Waals surface area (Å²) in [5.74, 6) is 0.841. The van der Waals surface area contributed by atoms with Gasteiger partial charge in [0.15, 0.2) is 10.6 Å². The second-order valence-corrected chi connectivity index (χ2v) is 7.99. The molecule has 1 aromatic carbocycles. The first-order valence-corrected chi connectivity index (χ1v) is 9.98. The van der Waals surface area contributed by atoms with Crippen LogP contribution in [0, 0.1) is 4.77 Å². The van der Waals surface area contributed by atoms with E-state index in [1.165, 1.54) is 5.56 Å². The number of nitrogens with one attached hydrogen (secondary N) is 2. The van der Waals surface area contributed by atoms with Crippen LogP contribution in [0.25, 0.3) is 10.7 Å². The molecule has 1 fully saturated rings. The van der Waals surface area contributed by atoms with Crippen molar-refractivity contribution in [2.75, 3.05) is 6.54 Å². The Bertz CT molecular complexity index is 940. The van der Waals surface area contributed by atoms with Crippen molar-refractivity contribution in [2.45, 2.75) is 31.2 Å². The number of amides is 1. The Hall–Kier alpha value is -2.25. The smallest absolute Gasteiger partial charge is 0.221 e. The maximum atomic E-state index is 12.4. The molecule has 5 nitrogen and oxygen atoms in total. The van der Waals surface area contributed by atoms with Gasteiger partial charge in [0.25, 0.3) is 0 Å². The molecule has 2 heterocycles. The molecule has 2 aromatic heterocycles. The number of hydrogen-bond donors (Lipinski definition) is 2. The first-order valence-electron chi connectivity index (χ1n) is 8.69. The average Bonchev–Trinajstić information content (AvgIpc) is 3.08. The van der Waals surface area contributed by atoms with Crippen molar-refractivity contribution in [2.24, 2.45) is 0 Å². The Kier molecular flexibility index (Phi) is 4.74. The predicted molar refractivity (Wildman–Crippen MR) is 106 cm³/mol. The van der Waals surface area contributed by atoms with Gasteiger partial charge in [0, 0.05) is 24.9 Å². The summed E-state index contributed by atoms with van der Waals surface area (Å²) < 4.78 is 2.44. The highest BCUT2D eigenvalue weighted by Crippen LogP contribution is 2.47. The van der Waals surface area contributed by atoms with E-state index in [-0.39, 0.29) is 11.3 Å². The van der Waals surface area contributed by atoms with Crippen LogP contribution in [0.4, 0.5) is 0 Å². The Morgan fingerprint density at radius 2 is 2.08 bits per heavy atom. The summed E-state index contributed by atoms with van der Waals surface area (Å²) >= 11 is 6.92.